The quantitative estimate of drug-likeness (QED) is 0.874. The van der Waals surface area contributed by atoms with E-state index in [-0.39, 0.29) is 11.5 Å². The third-order valence-electron chi connectivity index (χ3n) is 3.60. The number of likely N-dealkylation sites (N-methyl/N-ethyl adjacent to an activating group) is 1. The van der Waals surface area contributed by atoms with Gasteiger partial charge in [0, 0.05) is 29.6 Å². The number of nitrogens with one attached hydrogen (secondary N) is 1. The van der Waals surface area contributed by atoms with Crippen molar-refractivity contribution in [3.63, 3.8) is 0 Å². The molecule has 1 unspecified atom stereocenters. The van der Waals surface area contributed by atoms with Gasteiger partial charge in [0.2, 0.25) is 0 Å². The average Bonchev–Trinajstić information content (AvgIpc) is 3.14. The predicted octanol–water partition coefficient (Wildman–Crippen LogP) is 3.05. The Morgan fingerprint density at radius 1 is 1.38 bits per heavy atom. The van der Waals surface area contributed by atoms with Crippen molar-refractivity contribution in [1.29, 1.82) is 0 Å². The zero-order valence-corrected chi connectivity index (χ0v) is 14.3. The van der Waals surface area contributed by atoms with Crippen LogP contribution in [-0.4, -0.2) is 47.9 Å². The second kappa shape index (κ2) is 6.62. The van der Waals surface area contributed by atoms with Gasteiger partial charge in [-0.2, -0.15) is 0 Å². The monoisotopic (exact) mass is 363 g/mol. The standard InChI is InChI=1S/C16H14ClN3O3S/c1-20-6-12(18-8-20)14(21)19-15-13(16(22)23)11(7-24-15)9-2-4-10(17)5-3-9/h2-5,7-8,12H,6H2,1H3,(H,19,21)(H,22,23). The number of rotatable bonds is 4. The van der Waals surface area contributed by atoms with Crippen LogP contribution in [-0.2, 0) is 4.79 Å². The normalized spacial score (nSPS) is 16.4. The van der Waals surface area contributed by atoms with Crippen LogP contribution in [0.5, 0.6) is 0 Å². The Labute approximate surface area is 147 Å². The van der Waals surface area contributed by atoms with Gasteiger partial charge >= 0.3 is 5.97 Å². The van der Waals surface area contributed by atoms with Crippen molar-refractivity contribution in [1.82, 2.24) is 4.90 Å². The van der Waals surface area contributed by atoms with E-state index in [1.165, 1.54) is 11.3 Å². The number of carbonyl (C=O) groups excluding carboxylic acids is 1. The topological polar surface area (TPSA) is 82.0 Å². The number of amides is 1. The van der Waals surface area contributed by atoms with Crippen molar-refractivity contribution >= 4 is 46.2 Å². The predicted molar refractivity (Wildman–Crippen MR) is 95.3 cm³/mol. The van der Waals surface area contributed by atoms with Crippen LogP contribution in [0.1, 0.15) is 10.4 Å². The molecule has 3 rings (SSSR count). The van der Waals surface area contributed by atoms with Crippen LogP contribution in [0.15, 0.2) is 34.6 Å². The Bertz CT molecular complexity index is 816. The van der Waals surface area contributed by atoms with Gasteiger partial charge in [-0.15, -0.1) is 11.3 Å². The van der Waals surface area contributed by atoms with Crippen molar-refractivity contribution in [2.45, 2.75) is 6.04 Å². The SMILES string of the molecule is CN1C=NC(C(=O)Nc2scc(-c3ccc(Cl)cc3)c2C(=O)O)C1. The summed E-state index contributed by atoms with van der Waals surface area (Å²) >= 11 is 7.05. The van der Waals surface area contributed by atoms with Gasteiger partial charge in [-0.05, 0) is 17.7 Å². The molecule has 0 saturated heterocycles. The summed E-state index contributed by atoms with van der Waals surface area (Å²) in [5.74, 6) is -1.41. The van der Waals surface area contributed by atoms with Crippen molar-refractivity contribution < 1.29 is 14.7 Å². The molecule has 1 aliphatic heterocycles. The molecule has 0 spiro atoms. The maximum absolute atomic E-state index is 12.3. The zero-order valence-electron chi connectivity index (χ0n) is 12.7. The van der Waals surface area contributed by atoms with Crippen molar-refractivity contribution in [2.75, 3.05) is 18.9 Å². The number of carboxylic acids is 1. The number of aliphatic imine (C=N–C) groups is 1. The van der Waals surface area contributed by atoms with Gasteiger partial charge < -0.3 is 15.3 Å². The van der Waals surface area contributed by atoms with Gasteiger partial charge in [0.15, 0.2) is 0 Å². The molecule has 0 aliphatic carbocycles. The summed E-state index contributed by atoms with van der Waals surface area (Å²) in [4.78, 5) is 29.9. The van der Waals surface area contributed by atoms with E-state index in [9.17, 15) is 14.7 Å². The van der Waals surface area contributed by atoms with E-state index in [1.807, 2.05) is 7.05 Å². The lowest BCUT2D eigenvalue weighted by Crippen LogP contribution is -2.31. The number of anilines is 1. The third-order valence-corrected chi connectivity index (χ3v) is 4.75. The highest BCUT2D eigenvalue weighted by molar-refractivity contribution is 7.15. The smallest absolute Gasteiger partial charge is 0.339 e. The summed E-state index contributed by atoms with van der Waals surface area (Å²) in [6.07, 6.45) is 1.59. The first-order valence-electron chi connectivity index (χ1n) is 7.11. The maximum Gasteiger partial charge on any atom is 0.339 e. The summed E-state index contributed by atoms with van der Waals surface area (Å²) in [5.41, 5.74) is 1.35. The van der Waals surface area contributed by atoms with Gasteiger partial charge in [-0.25, -0.2) is 4.79 Å². The van der Waals surface area contributed by atoms with E-state index in [0.717, 1.165) is 5.56 Å². The van der Waals surface area contributed by atoms with Crippen LogP contribution >= 0.6 is 22.9 Å². The molecule has 1 aromatic carbocycles. The minimum Gasteiger partial charge on any atom is -0.478 e. The van der Waals surface area contributed by atoms with E-state index in [1.54, 1.807) is 40.9 Å². The third kappa shape index (κ3) is 3.27. The molecule has 0 radical (unpaired) electrons. The molecule has 0 bridgehead atoms. The Balaban J connectivity index is 1.89. The fourth-order valence-electron chi connectivity index (χ4n) is 2.41. The molecule has 2 N–H and O–H groups in total. The van der Waals surface area contributed by atoms with Crippen LogP contribution in [0.25, 0.3) is 11.1 Å². The molecule has 8 heteroatoms. The Morgan fingerprint density at radius 2 is 2.08 bits per heavy atom. The minimum atomic E-state index is -1.09. The molecule has 124 valence electrons. The molecule has 1 aromatic heterocycles. The van der Waals surface area contributed by atoms with E-state index in [4.69, 9.17) is 11.6 Å². The van der Waals surface area contributed by atoms with Crippen molar-refractivity contribution in [3.05, 3.63) is 40.2 Å². The number of hydrogen-bond acceptors (Lipinski definition) is 5. The molecular weight excluding hydrogens is 350 g/mol. The summed E-state index contributed by atoms with van der Waals surface area (Å²) < 4.78 is 0. The lowest BCUT2D eigenvalue weighted by Gasteiger charge is -2.11. The highest BCUT2D eigenvalue weighted by atomic mass is 35.5. The first kappa shape index (κ1) is 16.5. The molecule has 1 amide bonds. The average molecular weight is 364 g/mol. The second-order valence-electron chi connectivity index (χ2n) is 5.37. The van der Waals surface area contributed by atoms with Gasteiger partial charge in [-0.1, -0.05) is 23.7 Å². The summed E-state index contributed by atoms with van der Waals surface area (Å²) in [6, 6.07) is 6.36. The van der Waals surface area contributed by atoms with Gasteiger partial charge in [-0.3, -0.25) is 9.79 Å². The van der Waals surface area contributed by atoms with Gasteiger partial charge in [0.05, 0.1) is 6.34 Å². The summed E-state index contributed by atoms with van der Waals surface area (Å²) in [7, 11) is 1.82. The molecule has 1 aliphatic rings. The number of carboxylic acid groups (broad SMARTS) is 1. The van der Waals surface area contributed by atoms with Crippen LogP contribution in [0, 0.1) is 0 Å². The number of nitrogens with zero attached hydrogens (tertiary/aromatic N) is 2. The van der Waals surface area contributed by atoms with Crippen LogP contribution in [0.3, 0.4) is 0 Å². The molecule has 1 atom stereocenters. The minimum absolute atomic E-state index is 0.0750. The maximum atomic E-state index is 12.3. The fourth-order valence-corrected chi connectivity index (χ4v) is 3.50. The first-order chi connectivity index (χ1) is 11.5. The van der Waals surface area contributed by atoms with Gasteiger partial charge in [0.25, 0.3) is 5.91 Å². The number of thiophene rings is 1. The molecule has 6 nitrogen and oxygen atoms in total. The zero-order chi connectivity index (χ0) is 17.3. The Morgan fingerprint density at radius 3 is 2.67 bits per heavy atom. The Kier molecular flexibility index (Phi) is 4.55. The van der Waals surface area contributed by atoms with Crippen LogP contribution in [0.4, 0.5) is 5.00 Å². The molecule has 2 aromatic rings. The Hall–Kier alpha value is -2.38. The number of benzene rings is 1. The van der Waals surface area contributed by atoms with Crippen molar-refractivity contribution in [3.8, 4) is 11.1 Å². The highest BCUT2D eigenvalue weighted by Crippen LogP contribution is 2.36. The number of halogens is 1. The molecule has 0 saturated carbocycles. The second-order valence-corrected chi connectivity index (χ2v) is 6.69. The number of aromatic carboxylic acids is 1. The fraction of sp³-hybridized carbons (Fsp3) is 0.188. The van der Waals surface area contributed by atoms with Crippen molar-refractivity contribution in [2.24, 2.45) is 4.99 Å². The molecule has 2 heterocycles. The summed E-state index contributed by atoms with van der Waals surface area (Å²) in [5, 5.41) is 14.8. The van der Waals surface area contributed by atoms with Crippen LogP contribution in [0.2, 0.25) is 5.02 Å². The molecular formula is C16H14ClN3O3S. The lowest BCUT2D eigenvalue weighted by atomic mass is 10.0. The summed E-state index contributed by atoms with van der Waals surface area (Å²) in [6.45, 7) is 0.476. The highest BCUT2D eigenvalue weighted by Gasteiger charge is 2.26. The van der Waals surface area contributed by atoms with E-state index < -0.39 is 12.0 Å². The van der Waals surface area contributed by atoms with E-state index in [2.05, 4.69) is 10.3 Å². The van der Waals surface area contributed by atoms with Gasteiger partial charge in [0.1, 0.15) is 16.6 Å². The van der Waals surface area contributed by atoms with E-state index >= 15 is 0 Å². The lowest BCUT2D eigenvalue weighted by molar-refractivity contribution is -0.117. The first-order valence-corrected chi connectivity index (χ1v) is 8.36. The largest absolute Gasteiger partial charge is 0.478 e. The number of hydrogen-bond donors (Lipinski definition) is 2. The molecule has 0 fully saturated rings. The van der Waals surface area contributed by atoms with E-state index in [0.29, 0.717) is 22.1 Å². The molecule has 24 heavy (non-hydrogen) atoms. The number of carbonyl (C=O) groups is 2. The van der Waals surface area contributed by atoms with Crippen LogP contribution < -0.4 is 5.32 Å².